The first-order valence-corrected chi connectivity index (χ1v) is 7.11. The van der Waals surface area contributed by atoms with Gasteiger partial charge < -0.3 is 10.1 Å². The maximum atomic E-state index is 6.30. The monoisotopic (exact) mass is 289 g/mol. The summed E-state index contributed by atoms with van der Waals surface area (Å²) in [6.07, 6.45) is 2.15. The van der Waals surface area contributed by atoms with Gasteiger partial charge in [0, 0.05) is 7.11 Å². The van der Waals surface area contributed by atoms with Crippen LogP contribution in [0.3, 0.4) is 0 Å². The molecule has 0 aliphatic rings. The van der Waals surface area contributed by atoms with Crippen molar-refractivity contribution in [2.45, 2.75) is 38.8 Å². The van der Waals surface area contributed by atoms with Gasteiger partial charge >= 0.3 is 0 Å². The Kier molecular flexibility index (Phi) is 7.02. The maximum Gasteiger partial charge on any atom is 0.0766 e. The Morgan fingerprint density at radius 3 is 2.56 bits per heavy atom. The number of likely N-dealkylation sites (N-methyl/N-ethyl adjacent to an activating group) is 1. The van der Waals surface area contributed by atoms with Crippen LogP contribution in [0, 0.1) is 0 Å². The summed E-state index contributed by atoms with van der Waals surface area (Å²) in [5.41, 5.74) is 1.01. The quantitative estimate of drug-likeness (QED) is 0.800. The molecule has 0 fully saturated rings. The minimum Gasteiger partial charge on any atom is -0.379 e. The number of rotatable bonds is 7. The molecule has 1 aromatic rings. The third kappa shape index (κ3) is 3.86. The van der Waals surface area contributed by atoms with Gasteiger partial charge in [0.05, 0.1) is 22.2 Å². The zero-order chi connectivity index (χ0) is 13.5. The summed E-state index contributed by atoms with van der Waals surface area (Å²) in [5, 5.41) is 4.64. The lowest BCUT2D eigenvalue weighted by molar-refractivity contribution is 0.0611. The molecule has 0 heterocycles. The van der Waals surface area contributed by atoms with Gasteiger partial charge in [-0.25, -0.2) is 0 Å². The number of nitrogens with one attached hydrogen (secondary N) is 1. The van der Waals surface area contributed by atoms with E-state index >= 15 is 0 Å². The van der Waals surface area contributed by atoms with Gasteiger partial charge in [-0.2, -0.15) is 0 Å². The normalized spacial score (nSPS) is 14.5. The molecule has 0 spiro atoms. The Labute approximate surface area is 120 Å². The second-order valence-corrected chi connectivity index (χ2v) is 5.03. The van der Waals surface area contributed by atoms with E-state index in [2.05, 4.69) is 19.2 Å². The molecule has 2 atom stereocenters. The number of halogens is 2. The first-order chi connectivity index (χ1) is 8.65. The number of benzene rings is 1. The Balaban J connectivity index is 3.06. The average Bonchev–Trinajstić information content (AvgIpc) is 2.37. The third-order valence-electron chi connectivity index (χ3n) is 2.99. The van der Waals surface area contributed by atoms with Crippen molar-refractivity contribution in [2.24, 2.45) is 0 Å². The van der Waals surface area contributed by atoms with Gasteiger partial charge in [0.15, 0.2) is 0 Å². The van der Waals surface area contributed by atoms with Crippen LogP contribution >= 0.6 is 23.2 Å². The number of hydrogen-bond acceptors (Lipinski definition) is 2. The van der Waals surface area contributed by atoms with Crippen molar-refractivity contribution in [3.05, 3.63) is 33.8 Å². The van der Waals surface area contributed by atoms with E-state index in [1.165, 1.54) is 0 Å². The van der Waals surface area contributed by atoms with Gasteiger partial charge in [-0.15, -0.1) is 0 Å². The topological polar surface area (TPSA) is 21.3 Å². The summed E-state index contributed by atoms with van der Waals surface area (Å²) in [6, 6.07) is 5.81. The summed E-state index contributed by atoms with van der Waals surface area (Å²) in [5.74, 6) is 0. The van der Waals surface area contributed by atoms with Crippen molar-refractivity contribution in [3.63, 3.8) is 0 Å². The lowest BCUT2D eigenvalue weighted by atomic mass is 9.98. The first-order valence-electron chi connectivity index (χ1n) is 6.35. The van der Waals surface area contributed by atoms with Crippen LogP contribution in [0.25, 0.3) is 0 Å². The number of methoxy groups -OCH3 is 1. The molecule has 18 heavy (non-hydrogen) atoms. The van der Waals surface area contributed by atoms with Gasteiger partial charge in [-0.3, -0.25) is 0 Å². The zero-order valence-corrected chi connectivity index (χ0v) is 12.7. The van der Waals surface area contributed by atoms with E-state index in [0.29, 0.717) is 10.0 Å². The van der Waals surface area contributed by atoms with E-state index in [-0.39, 0.29) is 12.1 Å². The van der Waals surface area contributed by atoms with E-state index in [1.54, 1.807) is 13.2 Å². The Hall–Kier alpha value is -0.280. The second-order valence-electron chi connectivity index (χ2n) is 4.24. The molecule has 102 valence electrons. The van der Waals surface area contributed by atoms with Gasteiger partial charge in [-0.05, 0) is 24.6 Å². The lowest BCUT2D eigenvalue weighted by Crippen LogP contribution is -2.33. The molecule has 0 saturated carbocycles. The van der Waals surface area contributed by atoms with Crippen LogP contribution in [0.15, 0.2) is 18.2 Å². The highest BCUT2D eigenvalue weighted by Crippen LogP contribution is 2.33. The Morgan fingerprint density at radius 2 is 2.00 bits per heavy atom. The van der Waals surface area contributed by atoms with Crippen LogP contribution < -0.4 is 5.32 Å². The van der Waals surface area contributed by atoms with E-state index in [1.807, 2.05) is 12.1 Å². The van der Waals surface area contributed by atoms with E-state index in [9.17, 15) is 0 Å². The standard InChI is InChI=1S/C14H21Cl2NO/c1-4-7-12(18-3)14(17-5-2)10-8-6-9-11(15)13(10)16/h6,8-9,12,14,17H,4-5,7H2,1-3H3. The smallest absolute Gasteiger partial charge is 0.0766 e. The van der Waals surface area contributed by atoms with Gasteiger partial charge in [0.25, 0.3) is 0 Å². The van der Waals surface area contributed by atoms with Gasteiger partial charge in [0.1, 0.15) is 0 Å². The van der Waals surface area contributed by atoms with Crippen molar-refractivity contribution in [1.29, 1.82) is 0 Å². The summed E-state index contributed by atoms with van der Waals surface area (Å²) in [6.45, 7) is 5.08. The SMILES string of the molecule is CCCC(OC)C(NCC)c1cccc(Cl)c1Cl. The van der Waals surface area contributed by atoms with Gasteiger partial charge in [0.2, 0.25) is 0 Å². The summed E-state index contributed by atoms with van der Waals surface area (Å²) < 4.78 is 5.59. The zero-order valence-electron chi connectivity index (χ0n) is 11.2. The largest absolute Gasteiger partial charge is 0.379 e. The number of ether oxygens (including phenoxy) is 1. The molecule has 0 aliphatic carbocycles. The van der Waals surface area contributed by atoms with Crippen molar-refractivity contribution < 1.29 is 4.74 Å². The molecule has 4 heteroatoms. The van der Waals surface area contributed by atoms with Crippen LogP contribution in [-0.2, 0) is 4.74 Å². The molecule has 0 amide bonds. The number of hydrogen-bond donors (Lipinski definition) is 1. The molecule has 0 saturated heterocycles. The molecule has 0 aliphatic heterocycles. The minimum absolute atomic E-state index is 0.0751. The summed E-state index contributed by atoms with van der Waals surface area (Å²) in [7, 11) is 1.74. The van der Waals surface area contributed by atoms with Crippen LogP contribution in [0.4, 0.5) is 0 Å². The average molecular weight is 290 g/mol. The van der Waals surface area contributed by atoms with Crippen molar-refractivity contribution in [1.82, 2.24) is 5.32 Å². The minimum atomic E-state index is 0.0751. The molecule has 1 aromatic carbocycles. The molecule has 0 aromatic heterocycles. The van der Waals surface area contributed by atoms with Crippen molar-refractivity contribution in [2.75, 3.05) is 13.7 Å². The van der Waals surface area contributed by atoms with Crippen LogP contribution in [0.2, 0.25) is 10.0 Å². The molecule has 1 N–H and O–H groups in total. The van der Waals surface area contributed by atoms with E-state index in [4.69, 9.17) is 27.9 Å². The molecular formula is C14H21Cl2NO. The Bertz CT molecular complexity index is 371. The highest BCUT2D eigenvalue weighted by molar-refractivity contribution is 6.42. The second kappa shape index (κ2) is 8.00. The molecule has 1 rings (SSSR count). The molecule has 0 radical (unpaired) electrons. The van der Waals surface area contributed by atoms with E-state index in [0.717, 1.165) is 24.9 Å². The van der Waals surface area contributed by atoms with Gasteiger partial charge in [-0.1, -0.05) is 55.6 Å². The van der Waals surface area contributed by atoms with Crippen molar-refractivity contribution >= 4 is 23.2 Å². The van der Waals surface area contributed by atoms with Crippen LogP contribution in [0.5, 0.6) is 0 Å². The predicted octanol–water partition coefficient (Wildman–Crippen LogP) is 4.46. The molecule has 0 bridgehead atoms. The fraction of sp³-hybridized carbons (Fsp3) is 0.571. The lowest BCUT2D eigenvalue weighted by Gasteiger charge is -2.28. The predicted molar refractivity (Wildman–Crippen MR) is 78.6 cm³/mol. The fourth-order valence-electron chi connectivity index (χ4n) is 2.13. The Morgan fingerprint density at radius 1 is 1.28 bits per heavy atom. The molecular weight excluding hydrogens is 269 g/mol. The van der Waals surface area contributed by atoms with Crippen LogP contribution in [-0.4, -0.2) is 19.8 Å². The van der Waals surface area contributed by atoms with Crippen LogP contribution in [0.1, 0.15) is 38.3 Å². The summed E-state index contributed by atoms with van der Waals surface area (Å²) in [4.78, 5) is 0. The molecule has 2 unspecified atom stereocenters. The van der Waals surface area contributed by atoms with Crippen molar-refractivity contribution in [3.8, 4) is 0 Å². The molecule has 2 nitrogen and oxygen atoms in total. The summed E-state index contributed by atoms with van der Waals surface area (Å²) >= 11 is 12.4. The van der Waals surface area contributed by atoms with E-state index < -0.39 is 0 Å². The highest BCUT2D eigenvalue weighted by atomic mass is 35.5. The third-order valence-corrected chi connectivity index (χ3v) is 3.82. The fourth-order valence-corrected chi connectivity index (χ4v) is 2.55. The maximum absolute atomic E-state index is 6.30. The first kappa shape index (κ1) is 15.8. The highest BCUT2D eigenvalue weighted by Gasteiger charge is 2.24.